The van der Waals surface area contributed by atoms with E-state index >= 15 is 0 Å². The quantitative estimate of drug-likeness (QED) is 0.240. The Bertz CT molecular complexity index is 356. The number of carbonyl (C=O) groups is 2. The van der Waals surface area contributed by atoms with Crippen LogP contribution in [0.1, 0.15) is 46.5 Å². The third kappa shape index (κ3) is 9.91. The van der Waals surface area contributed by atoms with Gasteiger partial charge in [0.15, 0.2) is 0 Å². The molecule has 0 saturated carbocycles. The molecule has 0 aromatic heterocycles. The van der Waals surface area contributed by atoms with Gasteiger partial charge in [-0.25, -0.2) is 0 Å². The molecule has 0 aromatic carbocycles. The van der Waals surface area contributed by atoms with Crippen molar-refractivity contribution in [2.75, 3.05) is 6.54 Å². The van der Waals surface area contributed by atoms with Crippen LogP contribution >= 0.6 is 0 Å². The van der Waals surface area contributed by atoms with Crippen molar-refractivity contribution in [3.05, 3.63) is 10.4 Å². The van der Waals surface area contributed by atoms with E-state index in [1.807, 2.05) is 0 Å². The Balaban J connectivity index is 4.15. The highest BCUT2D eigenvalue weighted by Crippen LogP contribution is 2.17. The summed E-state index contributed by atoms with van der Waals surface area (Å²) in [4.78, 5) is 25.2. The predicted octanol–water partition coefficient (Wildman–Crippen LogP) is 2.90. The Morgan fingerprint density at radius 2 is 2.00 bits per heavy atom. The molecule has 0 unspecified atom stereocenters. The molecule has 7 nitrogen and oxygen atoms in total. The number of carboxylic acid groups (broad SMARTS) is 1. The second-order valence-corrected chi connectivity index (χ2v) is 5.28. The van der Waals surface area contributed by atoms with Gasteiger partial charge < -0.3 is 9.84 Å². The van der Waals surface area contributed by atoms with Crippen LogP contribution in [0.15, 0.2) is 5.11 Å². The molecule has 0 aliphatic heterocycles. The van der Waals surface area contributed by atoms with Gasteiger partial charge in [-0.15, -0.1) is 0 Å². The lowest BCUT2D eigenvalue weighted by atomic mass is 9.98. The summed E-state index contributed by atoms with van der Waals surface area (Å²) in [5.41, 5.74) is 7.48. The Kier molecular flexibility index (Phi) is 7.60. The molecular weight excluding hydrogens is 250 g/mol. The summed E-state index contributed by atoms with van der Waals surface area (Å²) in [7, 11) is 0. The van der Waals surface area contributed by atoms with Crippen molar-refractivity contribution in [3.8, 4) is 0 Å². The molecule has 1 N–H and O–H groups in total. The molecule has 0 amide bonds. The molecule has 0 radical (unpaired) electrons. The van der Waals surface area contributed by atoms with Crippen LogP contribution in [0.5, 0.6) is 0 Å². The van der Waals surface area contributed by atoms with Crippen LogP contribution in [0, 0.1) is 5.92 Å². The highest BCUT2D eigenvalue weighted by Gasteiger charge is 2.24. The number of hydrogen-bond donors (Lipinski definition) is 1. The van der Waals surface area contributed by atoms with Crippen LogP contribution in [0.25, 0.3) is 10.4 Å². The molecule has 0 bridgehead atoms. The highest BCUT2D eigenvalue weighted by molar-refractivity contribution is 5.78. The van der Waals surface area contributed by atoms with Crippen molar-refractivity contribution in [3.63, 3.8) is 0 Å². The normalized spacial score (nSPS) is 12.4. The molecule has 108 valence electrons. The van der Waals surface area contributed by atoms with Gasteiger partial charge in [0.25, 0.3) is 0 Å². The van der Waals surface area contributed by atoms with Crippen molar-refractivity contribution in [2.45, 2.75) is 52.1 Å². The zero-order valence-electron chi connectivity index (χ0n) is 11.6. The fourth-order valence-corrected chi connectivity index (χ4v) is 1.52. The lowest BCUT2D eigenvalue weighted by Crippen LogP contribution is -2.27. The van der Waals surface area contributed by atoms with E-state index in [-0.39, 0.29) is 6.42 Å². The average molecular weight is 271 g/mol. The average Bonchev–Trinajstić information content (AvgIpc) is 2.24. The molecular formula is C12H21N3O4. The van der Waals surface area contributed by atoms with E-state index in [0.717, 1.165) is 0 Å². The first-order chi connectivity index (χ1) is 8.76. The van der Waals surface area contributed by atoms with Crippen LogP contribution < -0.4 is 0 Å². The Morgan fingerprint density at radius 1 is 1.37 bits per heavy atom. The largest absolute Gasteiger partial charge is 0.481 e. The Labute approximate surface area is 112 Å². The third-order valence-electron chi connectivity index (χ3n) is 2.31. The van der Waals surface area contributed by atoms with Gasteiger partial charge in [0.05, 0.1) is 12.3 Å². The van der Waals surface area contributed by atoms with Crippen LogP contribution in [-0.2, 0) is 14.3 Å². The van der Waals surface area contributed by atoms with Gasteiger partial charge >= 0.3 is 11.9 Å². The van der Waals surface area contributed by atoms with Crippen molar-refractivity contribution in [1.82, 2.24) is 0 Å². The topological polar surface area (TPSA) is 112 Å². The number of carbonyl (C=O) groups excluding carboxylic acids is 1. The fraction of sp³-hybridized carbons (Fsp3) is 0.833. The first-order valence-electron chi connectivity index (χ1n) is 6.22. The lowest BCUT2D eigenvalue weighted by molar-refractivity contribution is -0.160. The minimum Gasteiger partial charge on any atom is -0.481 e. The second-order valence-electron chi connectivity index (χ2n) is 5.28. The summed E-state index contributed by atoms with van der Waals surface area (Å²) in [6.07, 6.45) is 1.45. The summed E-state index contributed by atoms with van der Waals surface area (Å²) in [5.74, 6) is -2.26. The van der Waals surface area contributed by atoms with Crippen LogP contribution in [0.3, 0.4) is 0 Å². The van der Waals surface area contributed by atoms with E-state index in [2.05, 4.69) is 10.0 Å². The lowest BCUT2D eigenvalue weighted by Gasteiger charge is -2.21. The molecule has 0 spiro atoms. The van der Waals surface area contributed by atoms with E-state index in [0.29, 0.717) is 25.8 Å². The molecule has 0 heterocycles. The zero-order valence-corrected chi connectivity index (χ0v) is 11.6. The predicted molar refractivity (Wildman–Crippen MR) is 69.5 cm³/mol. The summed E-state index contributed by atoms with van der Waals surface area (Å²) in [6.45, 7) is 5.55. The molecule has 0 fully saturated rings. The molecule has 0 saturated heterocycles. The second kappa shape index (κ2) is 8.37. The molecule has 1 atom stereocenters. The number of esters is 1. The summed E-state index contributed by atoms with van der Waals surface area (Å²) in [6, 6.07) is 0. The van der Waals surface area contributed by atoms with E-state index in [1.165, 1.54) is 0 Å². The maximum Gasteiger partial charge on any atom is 0.307 e. The van der Waals surface area contributed by atoms with Crippen molar-refractivity contribution >= 4 is 11.9 Å². The van der Waals surface area contributed by atoms with Crippen LogP contribution in [-0.4, -0.2) is 29.2 Å². The van der Waals surface area contributed by atoms with Gasteiger partial charge in [0.2, 0.25) is 0 Å². The zero-order chi connectivity index (χ0) is 14.9. The molecule has 0 aliphatic rings. The summed E-state index contributed by atoms with van der Waals surface area (Å²) < 4.78 is 5.09. The first-order valence-corrected chi connectivity index (χ1v) is 6.22. The summed E-state index contributed by atoms with van der Waals surface area (Å²) in [5, 5.41) is 12.4. The van der Waals surface area contributed by atoms with Gasteiger partial charge in [-0.3, -0.25) is 9.59 Å². The number of nitrogens with zero attached hydrogens (tertiary/aromatic N) is 3. The van der Waals surface area contributed by atoms with Crippen LogP contribution in [0.4, 0.5) is 0 Å². The van der Waals surface area contributed by atoms with Gasteiger partial charge in [-0.1, -0.05) is 11.5 Å². The number of carboxylic acids is 1. The maximum atomic E-state index is 11.6. The number of rotatable bonds is 8. The van der Waals surface area contributed by atoms with Crippen LogP contribution in [0.2, 0.25) is 0 Å². The maximum absolute atomic E-state index is 11.6. The number of hydrogen-bond acceptors (Lipinski definition) is 4. The fourth-order valence-electron chi connectivity index (χ4n) is 1.52. The molecule has 0 aromatic rings. The van der Waals surface area contributed by atoms with Gasteiger partial charge in [0.1, 0.15) is 5.60 Å². The smallest absolute Gasteiger partial charge is 0.307 e. The third-order valence-corrected chi connectivity index (χ3v) is 2.31. The first kappa shape index (κ1) is 17.2. The molecule has 0 aliphatic carbocycles. The number of ether oxygens (including phenoxy) is 1. The molecule has 7 heteroatoms. The number of aliphatic carboxylic acids is 1. The minimum absolute atomic E-state index is 0.131. The van der Waals surface area contributed by atoms with Gasteiger partial charge in [-0.2, -0.15) is 0 Å². The van der Waals surface area contributed by atoms with Crippen molar-refractivity contribution < 1.29 is 19.4 Å². The number of unbranched alkanes of at least 4 members (excludes halogenated alkanes) is 1. The monoisotopic (exact) mass is 271 g/mol. The summed E-state index contributed by atoms with van der Waals surface area (Å²) >= 11 is 0. The van der Waals surface area contributed by atoms with Crippen molar-refractivity contribution in [1.29, 1.82) is 0 Å². The van der Waals surface area contributed by atoms with E-state index in [9.17, 15) is 9.59 Å². The molecule has 0 rings (SSSR count). The molecule has 19 heavy (non-hydrogen) atoms. The standard InChI is InChI=1S/C12H21N3O4/c1-12(2,3)19-10(16)8-9(11(17)18)6-4-5-7-14-15-13/h9H,4-8H2,1-3H3,(H,17,18)/t9-/m1/s1. The Hall–Kier alpha value is -1.75. The van der Waals surface area contributed by atoms with E-state index in [1.54, 1.807) is 20.8 Å². The highest BCUT2D eigenvalue weighted by atomic mass is 16.6. The number of azide groups is 1. The van der Waals surface area contributed by atoms with Crippen molar-refractivity contribution in [2.24, 2.45) is 11.0 Å². The van der Waals surface area contributed by atoms with Gasteiger partial charge in [-0.05, 0) is 39.1 Å². The SMILES string of the molecule is CC(C)(C)OC(=O)C[C@@H](CCCCN=[N+]=[N-])C(=O)O. The van der Waals surface area contributed by atoms with E-state index < -0.39 is 23.5 Å². The minimum atomic E-state index is -1.00. The Morgan fingerprint density at radius 3 is 2.47 bits per heavy atom. The van der Waals surface area contributed by atoms with E-state index in [4.69, 9.17) is 15.4 Å². The van der Waals surface area contributed by atoms with Gasteiger partial charge in [0, 0.05) is 11.5 Å².